The number of benzene rings is 1. The Bertz CT molecular complexity index is 441. The summed E-state index contributed by atoms with van der Waals surface area (Å²) in [5.41, 5.74) is 5.51. The minimum Gasteiger partial charge on any atom is -0.376 e. The highest BCUT2D eigenvalue weighted by Crippen LogP contribution is 2.21. The third-order valence-electron chi connectivity index (χ3n) is 2.88. The first kappa shape index (κ1) is 12.6. The van der Waals surface area contributed by atoms with Gasteiger partial charge in [-0.1, -0.05) is 30.3 Å². The molecule has 0 aliphatic carbocycles. The second-order valence-corrected chi connectivity index (χ2v) is 4.63. The van der Waals surface area contributed by atoms with Crippen LogP contribution in [0.25, 0.3) is 0 Å². The highest BCUT2D eigenvalue weighted by atomic mass is 16.5. The minimum atomic E-state index is -0.600. The second-order valence-electron chi connectivity index (χ2n) is 4.63. The van der Waals surface area contributed by atoms with Crippen molar-refractivity contribution in [2.24, 2.45) is 5.73 Å². The maximum Gasteiger partial charge on any atom is 0.225 e. The molecule has 2 rings (SSSR count). The van der Waals surface area contributed by atoms with Crippen LogP contribution in [-0.2, 0) is 20.7 Å². The third kappa shape index (κ3) is 3.07. The quantitative estimate of drug-likeness (QED) is 0.769. The zero-order valence-corrected chi connectivity index (χ0v) is 10.0. The zero-order valence-electron chi connectivity index (χ0n) is 10.0. The number of rotatable bonds is 5. The lowest BCUT2D eigenvalue weighted by atomic mass is 9.92. The predicted molar refractivity (Wildman–Crippen MR) is 65.7 cm³/mol. The lowest BCUT2D eigenvalue weighted by Crippen LogP contribution is -2.63. The number of ether oxygens (including phenoxy) is 1. The van der Waals surface area contributed by atoms with Crippen LogP contribution in [0, 0.1) is 0 Å². The monoisotopic (exact) mass is 248 g/mol. The van der Waals surface area contributed by atoms with Gasteiger partial charge in [0.05, 0.1) is 31.6 Å². The summed E-state index contributed by atoms with van der Waals surface area (Å²) < 4.78 is 5.07. The molecule has 0 spiro atoms. The van der Waals surface area contributed by atoms with Crippen molar-refractivity contribution in [3.63, 3.8) is 0 Å². The number of carbonyl (C=O) groups excluding carboxylic acids is 2. The van der Waals surface area contributed by atoms with E-state index in [1.807, 2.05) is 30.3 Å². The van der Waals surface area contributed by atoms with Crippen molar-refractivity contribution in [3.8, 4) is 0 Å². The molecule has 0 radical (unpaired) electrons. The van der Waals surface area contributed by atoms with Crippen LogP contribution < -0.4 is 11.1 Å². The van der Waals surface area contributed by atoms with Crippen molar-refractivity contribution in [1.82, 2.24) is 5.32 Å². The lowest BCUT2D eigenvalue weighted by molar-refractivity contribution is -0.137. The van der Waals surface area contributed by atoms with Crippen LogP contribution in [0.3, 0.4) is 0 Å². The van der Waals surface area contributed by atoms with E-state index in [0.29, 0.717) is 19.6 Å². The molecule has 0 aromatic heterocycles. The van der Waals surface area contributed by atoms with Gasteiger partial charge in [0.25, 0.3) is 0 Å². The van der Waals surface area contributed by atoms with Crippen LogP contribution in [0.15, 0.2) is 30.3 Å². The summed E-state index contributed by atoms with van der Waals surface area (Å²) in [7, 11) is 0. The van der Waals surface area contributed by atoms with Crippen LogP contribution >= 0.6 is 0 Å². The molecule has 1 aliphatic heterocycles. The Balaban J connectivity index is 1.92. The molecular formula is C13H16N2O3. The molecule has 18 heavy (non-hydrogen) atoms. The van der Waals surface area contributed by atoms with E-state index in [4.69, 9.17) is 10.5 Å². The fourth-order valence-corrected chi connectivity index (χ4v) is 2.02. The number of nitrogens with two attached hydrogens (primary N) is 1. The number of hydrogen-bond donors (Lipinski definition) is 2. The Morgan fingerprint density at radius 1 is 1.28 bits per heavy atom. The van der Waals surface area contributed by atoms with E-state index in [2.05, 4.69) is 5.32 Å². The number of nitrogens with one attached hydrogen (secondary N) is 1. The fourth-order valence-electron chi connectivity index (χ4n) is 2.02. The van der Waals surface area contributed by atoms with Gasteiger partial charge in [0.1, 0.15) is 0 Å². The fraction of sp³-hybridized carbons (Fsp3) is 0.385. The average Bonchev–Trinajstić information content (AvgIpc) is 2.26. The molecule has 0 saturated carbocycles. The maximum absolute atomic E-state index is 11.9. The smallest absolute Gasteiger partial charge is 0.225 e. The first-order chi connectivity index (χ1) is 8.60. The lowest BCUT2D eigenvalue weighted by Gasteiger charge is -2.41. The van der Waals surface area contributed by atoms with Gasteiger partial charge in [0, 0.05) is 0 Å². The molecule has 1 heterocycles. The van der Waals surface area contributed by atoms with Gasteiger partial charge >= 0.3 is 0 Å². The first-order valence-electron chi connectivity index (χ1n) is 5.81. The molecule has 5 nitrogen and oxygen atoms in total. The normalized spacial score (nSPS) is 16.7. The molecule has 1 aromatic rings. The summed E-state index contributed by atoms with van der Waals surface area (Å²) in [5.74, 6) is -0.552. The Labute approximate surface area is 105 Å². The van der Waals surface area contributed by atoms with Crippen molar-refractivity contribution in [2.75, 3.05) is 13.2 Å². The molecule has 0 atom stereocenters. The van der Waals surface area contributed by atoms with E-state index < -0.39 is 11.4 Å². The Hall–Kier alpha value is -1.88. The van der Waals surface area contributed by atoms with Gasteiger partial charge in [0.2, 0.25) is 11.8 Å². The maximum atomic E-state index is 11.9. The highest BCUT2D eigenvalue weighted by molar-refractivity contribution is 5.81. The third-order valence-corrected chi connectivity index (χ3v) is 2.88. The average molecular weight is 248 g/mol. The summed E-state index contributed by atoms with van der Waals surface area (Å²) in [6.45, 7) is 0.687. The summed E-state index contributed by atoms with van der Waals surface area (Å²) in [6, 6.07) is 9.44. The van der Waals surface area contributed by atoms with Gasteiger partial charge in [-0.15, -0.1) is 0 Å². The molecule has 5 heteroatoms. The predicted octanol–water partition coefficient (Wildman–Crippen LogP) is -0.0103. The Morgan fingerprint density at radius 3 is 2.44 bits per heavy atom. The molecule has 1 saturated heterocycles. The second kappa shape index (κ2) is 5.18. The first-order valence-corrected chi connectivity index (χ1v) is 5.81. The zero-order chi connectivity index (χ0) is 13.0. The van der Waals surface area contributed by atoms with Crippen LogP contribution in [0.4, 0.5) is 0 Å². The minimum absolute atomic E-state index is 0.119. The molecule has 0 bridgehead atoms. The van der Waals surface area contributed by atoms with E-state index in [-0.39, 0.29) is 12.3 Å². The van der Waals surface area contributed by atoms with Crippen molar-refractivity contribution < 1.29 is 14.3 Å². The van der Waals surface area contributed by atoms with Crippen molar-refractivity contribution in [2.45, 2.75) is 18.4 Å². The molecule has 1 aromatic carbocycles. The molecular weight excluding hydrogens is 232 g/mol. The van der Waals surface area contributed by atoms with Gasteiger partial charge in [-0.25, -0.2) is 0 Å². The molecule has 96 valence electrons. The SMILES string of the molecule is NC(=O)CC1(NC(=O)Cc2ccccc2)COC1. The summed E-state index contributed by atoms with van der Waals surface area (Å²) >= 11 is 0. The topological polar surface area (TPSA) is 81.4 Å². The van der Waals surface area contributed by atoms with Gasteiger partial charge in [-0.05, 0) is 5.56 Å². The number of carbonyl (C=O) groups is 2. The summed E-state index contributed by atoms with van der Waals surface area (Å²) in [6.07, 6.45) is 0.412. The summed E-state index contributed by atoms with van der Waals surface area (Å²) in [5, 5.41) is 2.84. The van der Waals surface area contributed by atoms with Crippen LogP contribution in [0.1, 0.15) is 12.0 Å². The van der Waals surface area contributed by atoms with E-state index >= 15 is 0 Å². The Morgan fingerprint density at radius 2 is 1.94 bits per heavy atom. The van der Waals surface area contributed by atoms with E-state index in [1.54, 1.807) is 0 Å². The highest BCUT2D eigenvalue weighted by Gasteiger charge is 2.41. The van der Waals surface area contributed by atoms with Crippen LogP contribution in [0.2, 0.25) is 0 Å². The van der Waals surface area contributed by atoms with Crippen LogP contribution in [0.5, 0.6) is 0 Å². The molecule has 1 aliphatic rings. The Kier molecular flexibility index (Phi) is 3.62. The van der Waals surface area contributed by atoms with Crippen molar-refractivity contribution in [1.29, 1.82) is 0 Å². The van der Waals surface area contributed by atoms with Crippen LogP contribution in [-0.4, -0.2) is 30.6 Å². The van der Waals surface area contributed by atoms with E-state index in [0.717, 1.165) is 5.56 Å². The van der Waals surface area contributed by atoms with Crippen molar-refractivity contribution >= 4 is 11.8 Å². The van der Waals surface area contributed by atoms with Crippen molar-refractivity contribution in [3.05, 3.63) is 35.9 Å². The van der Waals surface area contributed by atoms with E-state index in [9.17, 15) is 9.59 Å². The number of amides is 2. The molecule has 3 N–H and O–H groups in total. The molecule has 1 fully saturated rings. The summed E-state index contributed by atoms with van der Waals surface area (Å²) in [4.78, 5) is 22.8. The van der Waals surface area contributed by atoms with Gasteiger partial charge in [-0.2, -0.15) is 0 Å². The van der Waals surface area contributed by atoms with Gasteiger partial charge in [-0.3, -0.25) is 9.59 Å². The number of hydrogen-bond acceptors (Lipinski definition) is 3. The standard InChI is InChI=1S/C13H16N2O3/c14-11(16)7-13(8-18-9-13)15-12(17)6-10-4-2-1-3-5-10/h1-5H,6-9H2,(H2,14,16)(H,15,17). The van der Waals surface area contributed by atoms with Gasteiger partial charge in [0.15, 0.2) is 0 Å². The number of primary amides is 1. The molecule has 0 unspecified atom stereocenters. The van der Waals surface area contributed by atoms with Gasteiger partial charge < -0.3 is 15.8 Å². The molecule has 2 amide bonds. The van der Waals surface area contributed by atoms with E-state index in [1.165, 1.54) is 0 Å². The largest absolute Gasteiger partial charge is 0.376 e.